The summed E-state index contributed by atoms with van der Waals surface area (Å²) >= 11 is 0. The lowest BCUT2D eigenvalue weighted by Crippen LogP contribution is -2.54. The molecule has 4 aliphatic rings. The molecule has 2 amide bonds. The molecule has 5 heteroatoms. The standard InChI is InChI=1S/C18H28N2O3/c1-18(2)14-4-3-13(15(18)10-14)11-19-16(21)9-12-5-7-20(8-6-12)17(22)23/h9,13-15H,3-8,10-11H2,1-2H3,(H,19,21)(H,22,23)/t13-,14-,15-/m0/s1. The fourth-order valence-corrected chi connectivity index (χ4v) is 4.80. The highest BCUT2D eigenvalue weighted by Gasteiger charge is 2.53. The number of fused-ring (bicyclic) bond motifs is 2. The van der Waals surface area contributed by atoms with Crippen molar-refractivity contribution in [2.24, 2.45) is 23.2 Å². The van der Waals surface area contributed by atoms with Crippen molar-refractivity contribution < 1.29 is 14.7 Å². The summed E-state index contributed by atoms with van der Waals surface area (Å²) < 4.78 is 0. The molecular formula is C18H28N2O3. The maximum Gasteiger partial charge on any atom is 0.407 e. The molecule has 3 atom stereocenters. The zero-order valence-electron chi connectivity index (χ0n) is 14.2. The molecule has 4 fully saturated rings. The van der Waals surface area contributed by atoms with Crippen LogP contribution in [-0.4, -0.2) is 41.6 Å². The number of carboxylic acid groups (broad SMARTS) is 1. The van der Waals surface area contributed by atoms with E-state index in [2.05, 4.69) is 19.2 Å². The molecule has 128 valence electrons. The van der Waals surface area contributed by atoms with Gasteiger partial charge in [-0.25, -0.2) is 4.79 Å². The van der Waals surface area contributed by atoms with Crippen LogP contribution in [-0.2, 0) is 4.79 Å². The minimum absolute atomic E-state index is 0.0111. The number of piperidine rings is 1. The topological polar surface area (TPSA) is 69.6 Å². The molecule has 0 spiro atoms. The van der Waals surface area contributed by atoms with Gasteiger partial charge in [0, 0.05) is 25.7 Å². The van der Waals surface area contributed by atoms with Gasteiger partial charge in [0.05, 0.1) is 0 Å². The lowest BCUT2D eigenvalue weighted by Gasteiger charge is -2.60. The molecule has 0 aromatic carbocycles. The summed E-state index contributed by atoms with van der Waals surface area (Å²) in [4.78, 5) is 24.4. The second-order valence-corrected chi connectivity index (χ2v) is 8.02. The monoisotopic (exact) mass is 320 g/mol. The van der Waals surface area contributed by atoms with Gasteiger partial charge in [-0.3, -0.25) is 4.79 Å². The summed E-state index contributed by atoms with van der Waals surface area (Å²) in [5.74, 6) is 2.25. The van der Waals surface area contributed by atoms with Crippen molar-refractivity contribution in [3.8, 4) is 0 Å². The molecule has 4 rings (SSSR count). The largest absolute Gasteiger partial charge is 0.465 e. The maximum absolute atomic E-state index is 12.1. The number of hydrogen-bond acceptors (Lipinski definition) is 2. The zero-order chi connectivity index (χ0) is 16.6. The highest BCUT2D eigenvalue weighted by molar-refractivity contribution is 5.88. The van der Waals surface area contributed by atoms with E-state index in [0.29, 0.717) is 37.3 Å². The van der Waals surface area contributed by atoms with Crippen molar-refractivity contribution in [3.63, 3.8) is 0 Å². The number of carbonyl (C=O) groups excluding carboxylic acids is 1. The molecule has 0 radical (unpaired) electrons. The fourth-order valence-electron chi connectivity index (χ4n) is 4.80. The number of amides is 2. The molecule has 1 aliphatic heterocycles. The van der Waals surface area contributed by atoms with Gasteiger partial charge >= 0.3 is 6.09 Å². The molecular weight excluding hydrogens is 292 g/mol. The van der Waals surface area contributed by atoms with Crippen molar-refractivity contribution in [2.75, 3.05) is 19.6 Å². The predicted molar refractivity (Wildman–Crippen MR) is 88.0 cm³/mol. The van der Waals surface area contributed by atoms with Crippen LogP contribution in [0.1, 0.15) is 46.0 Å². The van der Waals surface area contributed by atoms with Gasteiger partial charge in [0.2, 0.25) is 5.91 Å². The average molecular weight is 320 g/mol. The molecule has 3 saturated carbocycles. The Kier molecular flexibility index (Phi) is 4.39. The Hall–Kier alpha value is -1.52. The molecule has 1 heterocycles. The molecule has 0 aromatic rings. The van der Waals surface area contributed by atoms with Gasteiger partial charge in [0.25, 0.3) is 0 Å². The smallest absolute Gasteiger partial charge is 0.407 e. The van der Waals surface area contributed by atoms with E-state index in [-0.39, 0.29) is 5.91 Å². The van der Waals surface area contributed by atoms with Crippen molar-refractivity contribution in [1.29, 1.82) is 0 Å². The van der Waals surface area contributed by atoms with Gasteiger partial charge in [0.15, 0.2) is 0 Å². The molecule has 2 bridgehead atoms. The van der Waals surface area contributed by atoms with Gasteiger partial charge in [-0.1, -0.05) is 19.4 Å². The first-order valence-electron chi connectivity index (χ1n) is 8.83. The van der Waals surface area contributed by atoms with E-state index < -0.39 is 6.09 Å². The Morgan fingerprint density at radius 2 is 2.00 bits per heavy atom. The Morgan fingerprint density at radius 1 is 1.30 bits per heavy atom. The van der Waals surface area contributed by atoms with E-state index in [1.807, 2.05) is 0 Å². The van der Waals surface area contributed by atoms with Crippen LogP contribution in [0.2, 0.25) is 0 Å². The summed E-state index contributed by atoms with van der Waals surface area (Å²) in [6, 6.07) is 0. The lowest BCUT2D eigenvalue weighted by atomic mass is 9.45. The van der Waals surface area contributed by atoms with Crippen LogP contribution in [0.25, 0.3) is 0 Å². The summed E-state index contributed by atoms with van der Waals surface area (Å²) in [5.41, 5.74) is 1.52. The first-order valence-corrected chi connectivity index (χ1v) is 8.83. The van der Waals surface area contributed by atoms with Crippen molar-refractivity contribution in [2.45, 2.75) is 46.0 Å². The first kappa shape index (κ1) is 16.3. The summed E-state index contributed by atoms with van der Waals surface area (Å²) in [5, 5.41) is 12.0. The third kappa shape index (κ3) is 3.24. The molecule has 5 nitrogen and oxygen atoms in total. The van der Waals surface area contributed by atoms with Crippen molar-refractivity contribution >= 4 is 12.0 Å². The van der Waals surface area contributed by atoms with Crippen molar-refractivity contribution in [3.05, 3.63) is 11.6 Å². The summed E-state index contributed by atoms with van der Waals surface area (Å²) in [7, 11) is 0. The number of nitrogens with one attached hydrogen (secondary N) is 1. The van der Waals surface area contributed by atoms with Gasteiger partial charge in [0.1, 0.15) is 0 Å². The number of likely N-dealkylation sites (tertiary alicyclic amines) is 1. The number of hydrogen-bond donors (Lipinski definition) is 2. The second kappa shape index (κ2) is 6.17. The van der Waals surface area contributed by atoms with Crippen LogP contribution in [0.5, 0.6) is 0 Å². The normalized spacial score (nSPS) is 32.0. The van der Waals surface area contributed by atoms with Crippen LogP contribution in [0.3, 0.4) is 0 Å². The fraction of sp³-hybridized carbons (Fsp3) is 0.778. The predicted octanol–water partition coefficient (Wildman–Crippen LogP) is 2.88. The van der Waals surface area contributed by atoms with Crippen LogP contribution in [0, 0.1) is 23.2 Å². The van der Waals surface area contributed by atoms with E-state index in [0.717, 1.165) is 24.0 Å². The molecule has 0 unspecified atom stereocenters. The van der Waals surface area contributed by atoms with E-state index in [9.17, 15) is 9.59 Å². The average Bonchev–Trinajstić information content (AvgIpc) is 2.53. The minimum Gasteiger partial charge on any atom is -0.465 e. The zero-order valence-corrected chi connectivity index (χ0v) is 14.2. The Labute approximate surface area is 138 Å². The highest BCUT2D eigenvalue weighted by Crippen LogP contribution is 2.61. The maximum atomic E-state index is 12.1. The third-order valence-corrected chi connectivity index (χ3v) is 6.55. The quantitative estimate of drug-likeness (QED) is 0.786. The van der Waals surface area contributed by atoms with Crippen LogP contribution in [0.15, 0.2) is 11.6 Å². The molecule has 3 aliphatic carbocycles. The SMILES string of the molecule is CC1(C)[C@H]2CC[C@@H](CNC(=O)C=C3CCN(C(=O)O)CC3)[C@@H]1C2. The summed E-state index contributed by atoms with van der Waals surface area (Å²) in [6.45, 7) is 6.52. The highest BCUT2D eigenvalue weighted by atomic mass is 16.4. The van der Waals surface area contributed by atoms with Crippen LogP contribution < -0.4 is 5.32 Å². The Bertz CT molecular complexity index is 514. The number of carbonyl (C=O) groups is 2. The second-order valence-electron chi connectivity index (χ2n) is 8.02. The van der Waals surface area contributed by atoms with E-state index in [4.69, 9.17) is 5.11 Å². The molecule has 0 aromatic heterocycles. The van der Waals surface area contributed by atoms with E-state index in [1.165, 1.54) is 24.2 Å². The minimum atomic E-state index is -0.868. The van der Waals surface area contributed by atoms with Gasteiger partial charge in [-0.05, 0) is 55.3 Å². The third-order valence-electron chi connectivity index (χ3n) is 6.55. The van der Waals surface area contributed by atoms with Crippen LogP contribution >= 0.6 is 0 Å². The summed E-state index contributed by atoms with van der Waals surface area (Å²) in [6.07, 6.45) is 6.03. The number of rotatable bonds is 3. The van der Waals surface area contributed by atoms with Gasteiger partial charge < -0.3 is 15.3 Å². The molecule has 2 N–H and O–H groups in total. The van der Waals surface area contributed by atoms with E-state index >= 15 is 0 Å². The Morgan fingerprint density at radius 3 is 2.57 bits per heavy atom. The van der Waals surface area contributed by atoms with Crippen LogP contribution in [0.4, 0.5) is 4.79 Å². The Balaban J connectivity index is 1.45. The number of nitrogens with zero attached hydrogens (tertiary/aromatic N) is 1. The van der Waals surface area contributed by atoms with E-state index in [1.54, 1.807) is 6.08 Å². The van der Waals surface area contributed by atoms with Gasteiger partial charge in [-0.15, -0.1) is 0 Å². The first-order chi connectivity index (χ1) is 10.9. The molecule has 23 heavy (non-hydrogen) atoms. The lowest BCUT2D eigenvalue weighted by molar-refractivity contribution is -0.120. The van der Waals surface area contributed by atoms with Gasteiger partial charge in [-0.2, -0.15) is 0 Å². The molecule has 1 saturated heterocycles. The van der Waals surface area contributed by atoms with Crippen molar-refractivity contribution in [1.82, 2.24) is 10.2 Å².